The van der Waals surface area contributed by atoms with E-state index in [-0.39, 0.29) is 29.9 Å². The molecule has 0 bridgehead atoms. The minimum absolute atomic E-state index is 0.0146. The van der Waals surface area contributed by atoms with E-state index in [4.69, 9.17) is 0 Å². The van der Waals surface area contributed by atoms with Crippen LogP contribution in [0.25, 0.3) is 0 Å². The number of hydrogen-bond acceptors (Lipinski definition) is 4. The quantitative estimate of drug-likeness (QED) is 0.786. The Kier molecular flexibility index (Phi) is 5.30. The molecule has 144 valence electrons. The minimum atomic E-state index is -4.42. The maximum Gasteiger partial charge on any atom is 0.416 e. The van der Waals surface area contributed by atoms with Crippen molar-refractivity contribution in [3.8, 4) is 0 Å². The van der Waals surface area contributed by atoms with Crippen molar-refractivity contribution >= 4 is 15.7 Å². The van der Waals surface area contributed by atoms with Crippen LogP contribution in [-0.4, -0.2) is 67.9 Å². The van der Waals surface area contributed by atoms with Crippen LogP contribution in [-0.2, 0) is 27.2 Å². The van der Waals surface area contributed by atoms with Crippen LogP contribution in [0.5, 0.6) is 0 Å². The Hall–Kier alpha value is -1.61. The van der Waals surface area contributed by atoms with Crippen LogP contribution in [0.2, 0.25) is 0 Å². The largest absolute Gasteiger partial charge is 0.416 e. The van der Waals surface area contributed by atoms with E-state index < -0.39 is 21.6 Å². The molecule has 1 atom stereocenters. The van der Waals surface area contributed by atoms with Gasteiger partial charge in [-0.2, -0.15) is 13.2 Å². The molecule has 9 heteroatoms. The van der Waals surface area contributed by atoms with Crippen molar-refractivity contribution in [2.24, 2.45) is 0 Å². The summed E-state index contributed by atoms with van der Waals surface area (Å²) in [5, 5.41) is 0. The molecule has 26 heavy (non-hydrogen) atoms. The van der Waals surface area contributed by atoms with Gasteiger partial charge in [-0.1, -0.05) is 18.2 Å². The average molecular weight is 390 g/mol. The maximum absolute atomic E-state index is 12.8. The van der Waals surface area contributed by atoms with Crippen molar-refractivity contribution in [3.05, 3.63) is 35.4 Å². The summed E-state index contributed by atoms with van der Waals surface area (Å²) in [7, 11) is -2.95. The van der Waals surface area contributed by atoms with Crippen LogP contribution >= 0.6 is 0 Å². The van der Waals surface area contributed by atoms with E-state index in [1.54, 1.807) is 4.90 Å². The third kappa shape index (κ3) is 4.56. The molecular weight excluding hydrogens is 369 g/mol. The highest BCUT2D eigenvalue weighted by molar-refractivity contribution is 7.91. The van der Waals surface area contributed by atoms with Gasteiger partial charge in [-0.25, -0.2) is 8.42 Å². The first-order chi connectivity index (χ1) is 12.1. The second-order valence-electron chi connectivity index (χ2n) is 6.85. The van der Waals surface area contributed by atoms with E-state index in [9.17, 15) is 26.4 Å². The number of alkyl halides is 3. The number of amides is 1. The Labute approximate surface area is 150 Å². The number of nitrogens with zero attached hydrogens (tertiary/aromatic N) is 2. The molecule has 2 heterocycles. The Morgan fingerprint density at radius 1 is 1.15 bits per heavy atom. The van der Waals surface area contributed by atoms with Crippen LogP contribution in [0.4, 0.5) is 13.2 Å². The molecule has 0 radical (unpaired) electrons. The number of carbonyl (C=O) groups is 1. The van der Waals surface area contributed by atoms with Crippen molar-refractivity contribution in [1.29, 1.82) is 0 Å². The maximum atomic E-state index is 12.8. The summed E-state index contributed by atoms with van der Waals surface area (Å²) in [5.41, 5.74) is -0.413. The smallest absolute Gasteiger partial charge is 0.340 e. The number of hydrogen-bond donors (Lipinski definition) is 0. The molecule has 1 aromatic carbocycles. The third-order valence-corrected chi connectivity index (χ3v) is 6.75. The Balaban J connectivity index is 1.54. The zero-order chi connectivity index (χ0) is 18.9. The van der Waals surface area contributed by atoms with Gasteiger partial charge in [-0.15, -0.1) is 0 Å². The molecule has 0 spiro atoms. The molecular formula is C17H21F3N2O3S. The first-order valence-corrected chi connectivity index (χ1v) is 10.3. The summed E-state index contributed by atoms with van der Waals surface area (Å²) >= 11 is 0. The lowest BCUT2D eigenvalue weighted by Gasteiger charge is -2.37. The third-order valence-electron chi connectivity index (χ3n) is 5.00. The molecule has 1 amide bonds. The molecule has 0 saturated carbocycles. The van der Waals surface area contributed by atoms with Crippen molar-refractivity contribution in [3.63, 3.8) is 0 Å². The van der Waals surface area contributed by atoms with Gasteiger partial charge in [-0.05, 0) is 18.1 Å². The Morgan fingerprint density at radius 3 is 2.42 bits per heavy atom. The van der Waals surface area contributed by atoms with Crippen LogP contribution in [0.3, 0.4) is 0 Å². The lowest BCUT2D eigenvalue weighted by molar-refractivity contribution is -0.138. The van der Waals surface area contributed by atoms with Gasteiger partial charge >= 0.3 is 6.18 Å². The van der Waals surface area contributed by atoms with Crippen LogP contribution in [0, 0.1) is 0 Å². The van der Waals surface area contributed by atoms with E-state index in [0.29, 0.717) is 38.2 Å². The lowest BCUT2D eigenvalue weighted by atomic mass is 10.1. The molecule has 2 fully saturated rings. The van der Waals surface area contributed by atoms with Crippen molar-refractivity contribution in [2.75, 3.05) is 37.7 Å². The molecule has 0 aliphatic carbocycles. The molecule has 3 rings (SSSR count). The first kappa shape index (κ1) is 19.2. The molecule has 0 aromatic heterocycles. The highest BCUT2D eigenvalue weighted by Gasteiger charge is 2.34. The van der Waals surface area contributed by atoms with Gasteiger partial charge in [0.15, 0.2) is 9.84 Å². The highest BCUT2D eigenvalue weighted by Crippen LogP contribution is 2.29. The molecule has 2 saturated heterocycles. The van der Waals surface area contributed by atoms with Gasteiger partial charge in [0.1, 0.15) is 0 Å². The number of sulfone groups is 1. The molecule has 2 aliphatic heterocycles. The van der Waals surface area contributed by atoms with Crippen LogP contribution < -0.4 is 0 Å². The number of rotatable bonds is 3. The molecule has 2 aliphatic rings. The number of halogens is 3. The van der Waals surface area contributed by atoms with E-state index >= 15 is 0 Å². The normalized spacial score (nSPS) is 24.0. The van der Waals surface area contributed by atoms with Crippen molar-refractivity contribution in [2.45, 2.75) is 25.1 Å². The van der Waals surface area contributed by atoms with E-state index in [1.807, 2.05) is 0 Å². The summed E-state index contributed by atoms with van der Waals surface area (Å²) in [5.74, 6) is 0.181. The number of carbonyl (C=O) groups excluding carboxylic acids is 1. The van der Waals surface area contributed by atoms with Gasteiger partial charge in [0, 0.05) is 32.2 Å². The number of benzene rings is 1. The van der Waals surface area contributed by atoms with Gasteiger partial charge in [0.05, 0.1) is 23.5 Å². The predicted octanol–water partition coefficient (Wildman–Crippen LogP) is 1.58. The van der Waals surface area contributed by atoms with Gasteiger partial charge < -0.3 is 4.90 Å². The monoisotopic (exact) mass is 390 g/mol. The Morgan fingerprint density at radius 2 is 1.85 bits per heavy atom. The van der Waals surface area contributed by atoms with E-state index in [2.05, 4.69) is 4.90 Å². The summed E-state index contributed by atoms with van der Waals surface area (Å²) in [6.07, 6.45) is -3.87. The standard InChI is InChI=1S/C17H21F3N2O3S/c18-17(19,20)14-3-1-2-13(10-14)11-16(23)22-7-5-21(6-8-22)15-4-9-26(24,25)12-15/h1-3,10,15H,4-9,11-12H2. The fourth-order valence-electron chi connectivity index (χ4n) is 3.54. The summed E-state index contributed by atoms with van der Waals surface area (Å²) in [6, 6.07) is 4.84. The molecule has 1 aromatic rings. The zero-order valence-corrected chi connectivity index (χ0v) is 15.0. The summed E-state index contributed by atoms with van der Waals surface area (Å²) in [4.78, 5) is 16.1. The van der Waals surface area contributed by atoms with Gasteiger partial charge in [0.2, 0.25) is 5.91 Å². The summed E-state index contributed by atoms with van der Waals surface area (Å²) < 4.78 is 61.5. The molecule has 5 nitrogen and oxygen atoms in total. The second-order valence-corrected chi connectivity index (χ2v) is 9.08. The van der Waals surface area contributed by atoms with Gasteiger partial charge in [0.25, 0.3) is 0 Å². The zero-order valence-electron chi connectivity index (χ0n) is 14.2. The fourth-order valence-corrected chi connectivity index (χ4v) is 5.31. The lowest BCUT2D eigenvalue weighted by Crippen LogP contribution is -2.52. The first-order valence-electron chi connectivity index (χ1n) is 8.52. The average Bonchev–Trinajstić information content (AvgIpc) is 2.94. The minimum Gasteiger partial charge on any atom is -0.340 e. The summed E-state index contributed by atoms with van der Waals surface area (Å²) in [6.45, 7) is 2.12. The predicted molar refractivity (Wildman–Crippen MR) is 90.4 cm³/mol. The topological polar surface area (TPSA) is 57.7 Å². The fraction of sp³-hybridized carbons (Fsp3) is 0.588. The number of piperazine rings is 1. The highest BCUT2D eigenvalue weighted by atomic mass is 32.2. The molecule has 0 N–H and O–H groups in total. The van der Waals surface area contributed by atoms with Crippen LogP contribution in [0.15, 0.2) is 24.3 Å². The van der Waals surface area contributed by atoms with Gasteiger partial charge in [-0.3, -0.25) is 9.69 Å². The van der Waals surface area contributed by atoms with E-state index in [1.165, 1.54) is 12.1 Å². The SMILES string of the molecule is O=C(Cc1cccc(C(F)(F)F)c1)N1CCN(C2CCS(=O)(=O)C2)CC1. The molecule has 1 unspecified atom stereocenters. The van der Waals surface area contributed by atoms with E-state index in [0.717, 1.165) is 12.1 Å². The Bertz CT molecular complexity index is 772. The van der Waals surface area contributed by atoms with Crippen LogP contribution in [0.1, 0.15) is 17.5 Å². The van der Waals surface area contributed by atoms with Crippen molar-refractivity contribution < 1.29 is 26.4 Å². The second kappa shape index (κ2) is 7.19. The van der Waals surface area contributed by atoms with Crippen molar-refractivity contribution in [1.82, 2.24) is 9.80 Å².